The molecule has 0 bridgehead atoms. The van der Waals surface area contributed by atoms with Gasteiger partial charge in [-0.05, 0) is 36.6 Å². The lowest BCUT2D eigenvalue weighted by Gasteiger charge is -2.20. The van der Waals surface area contributed by atoms with Crippen molar-refractivity contribution in [3.63, 3.8) is 0 Å². The van der Waals surface area contributed by atoms with Crippen LogP contribution >= 0.6 is 34.7 Å². The molecular weight excluding hydrogens is 479 g/mol. The fraction of sp³-hybridized carbons (Fsp3) is 0.375. The maximum Gasteiger partial charge on any atom is 0.221 e. The van der Waals surface area contributed by atoms with Gasteiger partial charge in [0.1, 0.15) is 5.82 Å². The molecular formula is C24H28Cl2N4O2S. The molecule has 1 amide bonds. The zero-order chi connectivity index (χ0) is 23.6. The normalized spacial score (nSPS) is 10.9. The van der Waals surface area contributed by atoms with Crippen LogP contribution in [0.1, 0.15) is 28.9 Å². The number of hydrogen-bond donors (Lipinski definition) is 1. The van der Waals surface area contributed by atoms with Gasteiger partial charge >= 0.3 is 0 Å². The van der Waals surface area contributed by atoms with Gasteiger partial charge in [-0.25, -0.2) is 4.98 Å². The molecule has 2 aromatic carbocycles. The van der Waals surface area contributed by atoms with Crippen LogP contribution in [0.3, 0.4) is 0 Å². The smallest absolute Gasteiger partial charge is 0.221 e. The molecule has 9 heteroatoms. The molecule has 0 fully saturated rings. The highest BCUT2D eigenvalue weighted by Gasteiger charge is 2.15. The van der Waals surface area contributed by atoms with E-state index in [0.717, 1.165) is 16.5 Å². The molecule has 176 valence electrons. The van der Waals surface area contributed by atoms with Crippen molar-refractivity contribution in [1.29, 1.82) is 0 Å². The van der Waals surface area contributed by atoms with E-state index in [-0.39, 0.29) is 5.91 Å². The summed E-state index contributed by atoms with van der Waals surface area (Å²) in [5.41, 5.74) is 3.36. The largest absolute Gasteiger partial charge is 0.383 e. The Morgan fingerprint density at radius 1 is 1.15 bits per heavy atom. The minimum Gasteiger partial charge on any atom is -0.383 e. The Morgan fingerprint density at radius 2 is 1.94 bits per heavy atom. The molecule has 0 saturated heterocycles. The van der Waals surface area contributed by atoms with Crippen LogP contribution in [0.5, 0.6) is 0 Å². The molecule has 0 unspecified atom stereocenters. The first-order valence-corrected chi connectivity index (χ1v) is 12.3. The predicted molar refractivity (Wildman–Crippen MR) is 136 cm³/mol. The SMILES string of the molecule is COCCN(CCC(=O)NCCc1ccc(Cl)cc1Cl)c1nc(Cc2ccc(C)cc2)ns1. The second-order valence-electron chi connectivity index (χ2n) is 7.72. The molecule has 1 aromatic heterocycles. The zero-order valence-corrected chi connectivity index (χ0v) is 21.1. The van der Waals surface area contributed by atoms with E-state index >= 15 is 0 Å². The first-order valence-electron chi connectivity index (χ1n) is 10.8. The lowest BCUT2D eigenvalue weighted by Crippen LogP contribution is -2.33. The maximum absolute atomic E-state index is 12.4. The van der Waals surface area contributed by atoms with Crippen molar-refractivity contribution in [2.75, 3.05) is 38.3 Å². The van der Waals surface area contributed by atoms with E-state index in [1.54, 1.807) is 19.2 Å². The van der Waals surface area contributed by atoms with Crippen molar-refractivity contribution in [3.05, 3.63) is 75.0 Å². The lowest BCUT2D eigenvalue weighted by molar-refractivity contribution is -0.120. The second kappa shape index (κ2) is 12.9. The van der Waals surface area contributed by atoms with Gasteiger partial charge in [0, 0.05) is 61.2 Å². The quantitative estimate of drug-likeness (QED) is 0.376. The Labute approximate surface area is 209 Å². The average Bonchev–Trinajstić information content (AvgIpc) is 3.25. The summed E-state index contributed by atoms with van der Waals surface area (Å²) in [6.07, 6.45) is 1.68. The lowest BCUT2D eigenvalue weighted by atomic mass is 10.1. The number of aryl methyl sites for hydroxylation is 1. The minimum atomic E-state index is -0.0214. The van der Waals surface area contributed by atoms with Gasteiger partial charge in [-0.1, -0.05) is 59.1 Å². The molecule has 0 aliphatic heterocycles. The molecule has 0 aliphatic rings. The molecule has 1 N–H and O–H groups in total. The average molecular weight is 507 g/mol. The van der Waals surface area contributed by atoms with Crippen molar-refractivity contribution < 1.29 is 9.53 Å². The summed E-state index contributed by atoms with van der Waals surface area (Å²) in [5.74, 6) is 0.762. The predicted octanol–water partition coefficient (Wildman–Crippen LogP) is 4.95. The number of aromatic nitrogens is 2. The minimum absolute atomic E-state index is 0.0214. The summed E-state index contributed by atoms with van der Waals surface area (Å²) < 4.78 is 9.75. The van der Waals surface area contributed by atoms with Crippen molar-refractivity contribution in [2.24, 2.45) is 0 Å². The molecule has 0 radical (unpaired) electrons. The van der Waals surface area contributed by atoms with E-state index in [4.69, 9.17) is 32.9 Å². The Bertz CT molecular complexity index is 1040. The number of carbonyl (C=O) groups is 1. The number of anilines is 1. The van der Waals surface area contributed by atoms with Crippen LogP contribution in [0.4, 0.5) is 5.13 Å². The van der Waals surface area contributed by atoms with Gasteiger partial charge in [-0.2, -0.15) is 4.37 Å². The van der Waals surface area contributed by atoms with Crippen LogP contribution in [-0.2, 0) is 22.4 Å². The van der Waals surface area contributed by atoms with Crippen molar-refractivity contribution in [2.45, 2.75) is 26.2 Å². The van der Waals surface area contributed by atoms with E-state index in [9.17, 15) is 4.79 Å². The molecule has 0 spiro atoms. The topological polar surface area (TPSA) is 67.3 Å². The monoisotopic (exact) mass is 506 g/mol. The van der Waals surface area contributed by atoms with Gasteiger partial charge < -0.3 is 15.0 Å². The zero-order valence-electron chi connectivity index (χ0n) is 18.8. The number of hydrogen-bond acceptors (Lipinski definition) is 6. The van der Waals surface area contributed by atoms with Crippen LogP contribution in [-0.4, -0.2) is 48.6 Å². The Morgan fingerprint density at radius 3 is 2.67 bits per heavy atom. The Kier molecular flexibility index (Phi) is 9.94. The van der Waals surface area contributed by atoms with Gasteiger partial charge in [-0.3, -0.25) is 4.79 Å². The maximum atomic E-state index is 12.4. The van der Waals surface area contributed by atoms with E-state index in [2.05, 4.69) is 45.8 Å². The highest BCUT2D eigenvalue weighted by Crippen LogP contribution is 2.21. The molecule has 1 heterocycles. The number of nitrogens with one attached hydrogen (secondary N) is 1. The summed E-state index contributed by atoms with van der Waals surface area (Å²) in [6, 6.07) is 13.8. The van der Waals surface area contributed by atoms with Crippen molar-refractivity contribution in [3.8, 4) is 0 Å². The molecule has 0 saturated carbocycles. The fourth-order valence-electron chi connectivity index (χ4n) is 3.22. The van der Waals surface area contributed by atoms with Gasteiger partial charge in [0.25, 0.3) is 0 Å². The highest BCUT2D eigenvalue weighted by molar-refractivity contribution is 7.09. The molecule has 0 atom stereocenters. The van der Waals surface area contributed by atoms with Gasteiger partial charge in [-0.15, -0.1) is 0 Å². The van der Waals surface area contributed by atoms with Gasteiger partial charge in [0.15, 0.2) is 0 Å². The number of ether oxygens (including phenoxy) is 1. The highest BCUT2D eigenvalue weighted by atomic mass is 35.5. The van der Waals surface area contributed by atoms with E-state index in [0.29, 0.717) is 55.5 Å². The molecule has 6 nitrogen and oxygen atoms in total. The molecule has 33 heavy (non-hydrogen) atoms. The van der Waals surface area contributed by atoms with Crippen LogP contribution in [0.25, 0.3) is 0 Å². The summed E-state index contributed by atoms with van der Waals surface area (Å²) in [7, 11) is 1.66. The second-order valence-corrected chi connectivity index (χ2v) is 9.30. The van der Waals surface area contributed by atoms with Gasteiger partial charge in [0.05, 0.1) is 6.61 Å². The molecule has 3 rings (SSSR count). The number of rotatable bonds is 12. The van der Waals surface area contributed by atoms with Crippen LogP contribution < -0.4 is 10.2 Å². The van der Waals surface area contributed by atoms with Gasteiger partial charge in [0.2, 0.25) is 11.0 Å². The van der Waals surface area contributed by atoms with E-state index < -0.39 is 0 Å². The number of amides is 1. The van der Waals surface area contributed by atoms with E-state index in [1.165, 1.54) is 22.7 Å². The standard InChI is InChI=1S/C24H28Cl2N4O2S/c1-17-3-5-18(6-4-17)15-22-28-24(33-29-22)30(13-14-32-2)12-10-23(31)27-11-9-19-7-8-20(25)16-21(19)26/h3-8,16H,9-15H2,1-2H3,(H,27,31). The Balaban J connectivity index is 1.50. The third-order valence-corrected chi connectivity index (χ3v) is 6.52. The van der Waals surface area contributed by atoms with Crippen molar-refractivity contribution >= 4 is 45.8 Å². The van der Waals surface area contributed by atoms with Crippen LogP contribution in [0.15, 0.2) is 42.5 Å². The Hall–Kier alpha value is -2.19. The van der Waals surface area contributed by atoms with Crippen LogP contribution in [0.2, 0.25) is 10.0 Å². The molecule has 0 aliphatic carbocycles. The first-order chi connectivity index (χ1) is 15.9. The number of nitrogens with zero attached hydrogens (tertiary/aromatic N) is 3. The summed E-state index contributed by atoms with van der Waals surface area (Å²) in [4.78, 5) is 19.1. The summed E-state index contributed by atoms with van der Waals surface area (Å²) >= 11 is 13.5. The number of halogens is 2. The fourth-order valence-corrected chi connectivity index (χ4v) is 4.46. The van der Waals surface area contributed by atoms with Crippen LogP contribution in [0, 0.1) is 6.92 Å². The molecule has 3 aromatic rings. The third-order valence-electron chi connectivity index (χ3n) is 5.12. The summed E-state index contributed by atoms with van der Waals surface area (Å²) in [6.45, 7) is 4.31. The third kappa shape index (κ3) is 8.27. The summed E-state index contributed by atoms with van der Waals surface area (Å²) in [5, 5.41) is 4.97. The van der Waals surface area contributed by atoms with Crippen molar-refractivity contribution in [1.82, 2.24) is 14.7 Å². The first kappa shape index (κ1) is 25.4. The van der Waals surface area contributed by atoms with E-state index in [1.807, 2.05) is 6.07 Å². The number of methoxy groups -OCH3 is 1. The number of benzene rings is 2. The number of carbonyl (C=O) groups excluding carboxylic acids is 1.